The minimum absolute atomic E-state index is 0.0486. The van der Waals surface area contributed by atoms with Crippen LogP contribution in [0.25, 0.3) is 0 Å². The Labute approximate surface area is 129 Å². The average molecular weight is 335 g/mol. The van der Waals surface area contributed by atoms with Gasteiger partial charge in [-0.1, -0.05) is 12.8 Å². The van der Waals surface area contributed by atoms with Crippen molar-refractivity contribution in [3.05, 3.63) is 16.5 Å². The Bertz CT molecular complexity index is 554. The average Bonchev–Trinajstić information content (AvgIpc) is 2.81. The maximum atomic E-state index is 12.5. The number of nitrogens with two attached hydrogens (primary N) is 1. The summed E-state index contributed by atoms with van der Waals surface area (Å²) in [6, 6.07) is 1.78. The molecule has 0 aromatic carbocycles. The first-order valence-electron chi connectivity index (χ1n) is 6.82. The molecule has 1 aliphatic carbocycles. The molecule has 1 saturated carbocycles. The monoisotopic (exact) mass is 334 g/mol. The van der Waals surface area contributed by atoms with Crippen molar-refractivity contribution in [2.75, 3.05) is 6.26 Å². The van der Waals surface area contributed by atoms with Gasteiger partial charge >= 0.3 is 0 Å². The van der Waals surface area contributed by atoms with Crippen LogP contribution in [0.5, 0.6) is 0 Å². The topological polar surface area (TPSA) is 72.2 Å². The van der Waals surface area contributed by atoms with Gasteiger partial charge in [-0.15, -0.1) is 11.3 Å². The molecule has 0 aliphatic heterocycles. The SMILES string of the molecule is CSC1CCCCC1NS(=O)(=O)c1cc(C)c(CN)s1. The van der Waals surface area contributed by atoms with Crippen LogP contribution in [0.4, 0.5) is 0 Å². The summed E-state index contributed by atoms with van der Waals surface area (Å²) >= 11 is 3.04. The summed E-state index contributed by atoms with van der Waals surface area (Å²) in [5, 5.41) is 0.383. The number of nitrogens with one attached hydrogen (secondary N) is 1. The highest BCUT2D eigenvalue weighted by Crippen LogP contribution is 2.30. The van der Waals surface area contributed by atoms with Crippen LogP contribution in [-0.2, 0) is 16.6 Å². The van der Waals surface area contributed by atoms with Crippen molar-refractivity contribution in [3.63, 3.8) is 0 Å². The highest BCUT2D eigenvalue weighted by Gasteiger charge is 2.29. The second kappa shape index (κ2) is 6.79. The Balaban J connectivity index is 2.17. The largest absolute Gasteiger partial charge is 0.326 e. The van der Waals surface area contributed by atoms with E-state index in [4.69, 9.17) is 5.73 Å². The fraction of sp³-hybridized carbons (Fsp3) is 0.692. The number of rotatable bonds is 5. The lowest BCUT2D eigenvalue weighted by molar-refractivity contribution is 0.423. The lowest BCUT2D eigenvalue weighted by Crippen LogP contribution is -2.43. The maximum Gasteiger partial charge on any atom is 0.250 e. The first kappa shape index (κ1) is 16.3. The van der Waals surface area contributed by atoms with Crippen molar-refractivity contribution >= 4 is 33.1 Å². The molecule has 0 bridgehead atoms. The maximum absolute atomic E-state index is 12.5. The molecule has 7 heteroatoms. The number of aryl methyl sites for hydroxylation is 1. The predicted molar refractivity (Wildman–Crippen MR) is 86.8 cm³/mol. The van der Waals surface area contributed by atoms with Gasteiger partial charge in [0.2, 0.25) is 10.0 Å². The van der Waals surface area contributed by atoms with Crippen LogP contribution in [0, 0.1) is 6.92 Å². The van der Waals surface area contributed by atoms with E-state index < -0.39 is 10.0 Å². The molecule has 2 rings (SSSR count). The van der Waals surface area contributed by atoms with E-state index in [1.165, 1.54) is 17.8 Å². The van der Waals surface area contributed by atoms with Gasteiger partial charge in [0.25, 0.3) is 0 Å². The van der Waals surface area contributed by atoms with Gasteiger partial charge in [0.1, 0.15) is 4.21 Å². The zero-order valence-corrected chi connectivity index (χ0v) is 14.3. The van der Waals surface area contributed by atoms with Gasteiger partial charge in [0, 0.05) is 22.7 Å². The summed E-state index contributed by atoms with van der Waals surface area (Å²) in [7, 11) is -3.42. The molecule has 1 aromatic heterocycles. The summed E-state index contributed by atoms with van der Waals surface area (Å²) < 4.78 is 28.3. The van der Waals surface area contributed by atoms with Gasteiger partial charge in [-0.05, 0) is 37.7 Å². The van der Waals surface area contributed by atoms with Gasteiger partial charge in [-0.2, -0.15) is 11.8 Å². The third-order valence-corrected chi connectivity index (χ3v) is 8.15. The van der Waals surface area contributed by atoms with Crippen molar-refractivity contribution in [3.8, 4) is 0 Å². The molecule has 2 unspecified atom stereocenters. The van der Waals surface area contributed by atoms with Crippen molar-refractivity contribution in [1.82, 2.24) is 4.72 Å². The fourth-order valence-electron chi connectivity index (χ4n) is 2.59. The zero-order valence-electron chi connectivity index (χ0n) is 11.9. The van der Waals surface area contributed by atoms with Gasteiger partial charge in [-0.25, -0.2) is 13.1 Å². The summed E-state index contributed by atoms with van der Waals surface area (Å²) in [4.78, 5) is 0.940. The highest BCUT2D eigenvalue weighted by atomic mass is 32.2. The molecule has 1 aromatic rings. The third-order valence-electron chi connectivity index (χ3n) is 3.76. The molecule has 0 saturated heterocycles. The molecule has 4 nitrogen and oxygen atoms in total. The van der Waals surface area contributed by atoms with Gasteiger partial charge < -0.3 is 5.73 Å². The van der Waals surface area contributed by atoms with Gasteiger partial charge in [0.05, 0.1) is 0 Å². The smallest absolute Gasteiger partial charge is 0.250 e. The number of hydrogen-bond acceptors (Lipinski definition) is 5. The predicted octanol–water partition coefficient (Wildman–Crippen LogP) is 2.47. The van der Waals surface area contributed by atoms with E-state index in [0.717, 1.165) is 29.7 Å². The Kier molecular flexibility index (Phi) is 5.53. The minimum atomic E-state index is -3.42. The van der Waals surface area contributed by atoms with Gasteiger partial charge in [0.15, 0.2) is 0 Å². The van der Waals surface area contributed by atoms with E-state index >= 15 is 0 Å². The van der Waals surface area contributed by atoms with Crippen LogP contribution in [0.2, 0.25) is 0 Å². The molecule has 0 radical (unpaired) electrons. The standard InChI is InChI=1S/C13H22N2O2S3/c1-9-7-13(19-12(9)8-14)20(16,17)15-10-5-3-4-6-11(10)18-2/h7,10-11,15H,3-6,8,14H2,1-2H3. The third kappa shape index (κ3) is 3.57. The van der Waals surface area contributed by atoms with Crippen LogP contribution in [0.1, 0.15) is 36.1 Å². The summed E-state index contributed by atoms with van der Waals surface area (Å²) in [6.45, 7) is 2.30. The number of hydrogen-bond donors (Lipinski definition) is 2. The molecule has 1 fully saturated rings. The van der Waals surface area contributed by atoms with Crippen LogP contribution in [-0.4, -0.2) is 26.0 Å². The van der Waals surface area contributed by atoms with Crippen LogP contribution >= 0.6 is 23.1 Å². The second-order valence-corrected chi connectivity index (χ2v) is 9.32. The van der Waals surface area contributed by atoms with Gasteiger partial charge in [-0.3, -0.25) is 0 Å². The van der Waals surface area contributed by atoms with Crippen molar-refractivity contribution < 1.29 is 8.42 Å². The number of thiophene rings is 1. The van der Waals surface area contributed by atoms with E-state index in [1.807, 2.05) is 6.92 Å². The lowest BCUT2D eigenvalue weighted by atomic mass is 9.96. The summed E-state index contributed by atoms with van der Waals surface area (Å²) in [5.41, 5.74) is 6.59. The molecular formula is C13H22N2O2S3. The summed E-state index contributed by atoms with van der Waals surface area (Å²) in [6.07, 6.45) is 6.37. The Morgan fingerprint density at radius 2 is 2.15 bits per heavy atom. The first-order valence-corrected chi connectivity index (χ1v) is 10.4. The second-order valence-electron chi connectivity index (χ2n) is 5.16. The number of thioether (sulfide) groups is 1. The quantitative estimate of drug-likeness (QED) is 0.867. The Hall–Kier alpha value is -0.0800. The van der Waals surface area contributed by atoms with Crippen molar-refractivity contribution in [1.29, 1.82) is 0 Å². The Morgan fingerprint density at radius 1 is 1.45 bits per heavy atom. The van der Waals surface area contributed by atoms with Crippen LogP contribution < -0.4 is 10.5 Å². The molecule has 1 heterocycles. The van der Waals surface area contributed by atoms with E-state index in [2.05, 4.69) is 11.0 Å². The molecule has 0 spiro atoms. The fourth-order valence-corrected chi connectivity index (χ4v) is 6.41. The molecule has 20 heavy (non-hydrogen) atoms. The molecule has 2 atom stereocenters. The van der Waals surface area contributed by atoms with E-state index in [-0.39, 0.29) is 6.04 Å². The first-order chi connectivity index (χ1) is 9.47. The normalized spacial score (nSPS) is 23.9. The molecule has 1 aliphatic rings. The minimum Gasteiger partial charge on any atom is -0.326 e. The summed E-state index contributed by atoms with van der Waals surface area (Å²) in [5.74, 6) is 0. The van der Waals surface area contributed by atoms with E-state index in [9.17, 15) is 8.42 Å². The van der Waals surface area contributed by atoms with Crippen LogP contribution in [0.15, 0.2) is 10.3 Å². The molecule has 3 N–H and O–H groups in total. The lowest BCUT2D eigenvalue weighted by Gasteiger charge is -2.30. The Morgan fingerprint density at radius 3 is 2.75 bits per heavy atom. The van der Waals surface area contributed by atoms with Crippen molar-refractivity contribution in [2.45, 2.75) is 54.7 Å². The van der Waals surface area contributed by atoms with Crippen molar-refractivity contribution in [2.24, 2.45) is 5.73 Å². The number of sulfonamides is 1. The molecule has 0 amide bonds. The highest BCUT2D eigenvalue weighted by molar-refractivity contribution is 7.99. The van der Waals surface area contributed by atoms with Crippen LogP contribution in [0.3, 0.4) is 0 Å². The molecular weight excluding hydrogens is 312 g/mol. The zero-order chi connectivity index (χ0) is 14.8. The van der Waals surface area contributed by atoms with E-state index in [0.29, 0.717) is 16.0 Å². The van der Waals surface area contributed by atoms with E-state index in [1.54, 1.807) is 17.8 Å². The molecule has 114 valence electrons.